The number of unbranched alkanes of at least 4 members (excludes halogenated alkanes) is 1. The molecule has 0 radical (unpaired) electrons. The molecule has 4 N–H and O–H groups in total. The summed E-state index contributed by atoms with van der Waals surface area (Å²) in [5.74, 6) is 0.145. The zero-order valence-electron chi connectivity index (χ0n) is 12.0. The maximum absolute atomic E-state index is 11.9. The highest BCUT2D eigenvalue weighted by atomic mass is 16.1. The standard InChI is InChI=1S/C16H23N3O/c1-2-3-8-18-16(20)9-12(10-17)14-11-19-15-7-5-4-6-13(14)15/h4-7,11-12,19H,2-3,8-10,17H2,1H3,(H,18,20). The van der Waals surface area contributed by atoms with Crippen LogP contribution in [0.3, 0.4) is 0 Å². The van der Waals surface area contributed by atoms with Crippen LogP contribution < -0.4 is 11.1 Å². The zero-order valence-corrected chi connectivity index (χ0v) is 12.0. The average Bonchev–Trinajstić information content (AvgIpc) is 2.89. The molecular formula is C16H23N3O. The number of carbonyl (C=O) groups excluding carboxylic acids is 1. The molecule has 20 heavy (non-hydrogen) atoms. The summed E-state index contributed by atoms with van der Waals surface area (Å²) >= 11 is 0. The van der Waals surface area contributed by atoms with Crippen molar-refractivity contribution in [1.82, 2.24) is 10.3 Å². The lowest BCUT2D eigenvalue weighted by Gasteiger charge is -2.14. The molecule has 1 heterocycles. The largest absolute Gasteiger partial charge is 0.361 e. The lowest BCUT2D eigenvalue weighted by Crippen LogP contribution is -2.28. The number of benzene rings is 1. The lowest BCUT2D eigenvalue weighted by molar-refractivity contribution is -0.121. The molecular weight excluding hydrogens is 250 g/mol. The highest BCUT2D eigenvalue weighted by Crippen LogP contribution is 2.27. The summed E-state index contributed by atoms with van der Waals surface area (Å²) in [4.78, 5) is 15.2. The predicted octanol–water partition coefficient (Wildman–Crippen LogP) is 2.52. The van der Waals surface area contributed by atoms with Crippen molar-refractivity contribution in [3.8, 4) is 0 Å². The van der Waals surface area contributed by atoms with Gasteiger partial charge in [0.2, 0.25) is 5.91 Å². The number of carbonyl (C=O) groups is 1. The smallest absolute Gasteiger partial charge is 0.220 e. The second-order valence-electron chi connectivity index (χ2n) is 5.13. The number of nitrogens with two attached hydrogens (primary N) is 1. The fourth-order valence-corrected chi connectivity index (χ4v) is 2.45. The van der Waals surface area contributed by atoms with E-state index in [1.54, 1.807) is 0 Å². The van der Waals surface area contributed by atoms with E-state index in [0.717, 1.165) is 35.9 Å². The number of para-hydroxylation sites is 1. The third-order valence-corrected chi connectivity index (χ3v) is 3.63. The van der Waals surface area contributed by atoms with Gasteiger partial charge in [0.25, 0.3) is 0 Å². The van der Waals surface area contributed by atoms with Crippen LogP contribution in [0.4, 0.5) is 0 Å². The highest BCUT2D eigenvalue weighted by Gasteiger charge is 2.17. The molecule has 0 saturated carbocycles. The molecule has 0 aliphatic carbocycles. The van der Waals surface area contributed by atoms with Crippen molar-refractivity contribution < 1.29 is 4.79 Å². The summed E-state index contributed by atoms with van der Waals surface area (Å²) in [6, 6.07) is 8.11. The van der Waals surface area contributed by atoms with Crippen LogP contribution in [-0.2, 0) is 4.79 Å². The first-order chi connectivity index (χ1) is 9.76. The molecule has 0 spiro atoms. The van der Waals surface area contributed by atoms with Crippen LogP contribution in [-0.4, -0.2) is 24.0 Å². The fraction of sp³-hybridized carbons (Fsp3) is 0.438. The van der Waals surface area contributed by atoms with Crippen LogP contribution in [0.1, 0.15) is 37.7 Å². The molecule has 0 aliphatic rings. The number of fused-ring (bicyclic) bond motifs is 1. The minimum absolute atomic E-state index is 0.0628. The van der Waals surface area contributed by atoms with Crippen molar-refractivity contribution in [2.75, 3.05) is 13.1 Å². The summed E-state index contributed by atoms with van der Waals surface area (Å²) in [5, 5.41) is 4.11. The van der Waals surface area contributed by atoms with Crippen molar-refractivity contribution in [2.24, 2.45) is 5.73 Å². The van der Waals surface area contributed by atoms with Gasteiger partial charge >= 0.3 is 0 Å². The Bertz CT molecular complexity index is 562. The molecule has 0 bridgehead atoms. The van der Waals surface area contributed by atoms with E-state index in [1.165, 1.54) is 0 Å². The van der Waals surface area contributed by atoms with E-state index in [4.69, 9.17) is 5.73 Å². The number of aromatic amines is 1. The van der Waals surface area contributed by atoms with Crippen LogP contribution in [0.25, 0.3) is 10.9 Å². The van der Waals surface area contributed by atoms with Crippen LogP contribution in [0.15, 0.2) is 30.5 Å². The van der Waals surface area contributed by atoms with E-state index in [1.807, 2.05) is 24.4 Å². The molecule has 4 nitrogen and oxygen atoms in total. The van der Waals surface area contributed by atoms with Crippen LogP contribution in [0.5, 0.6) is 0 Å². The number of amides is 1. The number of aromatic nitrogens is 1. The Morgan fingerprint density at radius 3 is 2.95 bits per heavy atom. The summed E-state index contributed by atoms with van der Waals surface area (Å²) in [6.45, 7) is 3.34. The Kier molecular flexibility index (Phi) is 5.18. The van der Waals surface area contributed by atoms with Gasteiger partial charge in [0.05, 0.1) is 0 Å². The van der Waals surface area contributed by atoms with Gasteiger partial charge in [-0.2, -0.15) is 0 Å². The molecule has 0 aliphatic heterocycles. The van der Waals surface area contributed by atoms with Gasteiger partial charge in [-0.15, -0.1) is 0 Å². The first kappa shape index (κ1) is 14.6. The summed E-state index contributed by atoms with van der Waals surface area (Å²) in [7, 11) is 0. The Morgan fingerprint density at radius 2 is 2.20 bits per heavy atom. The maximum atomic E-state index is 11.9. The van der Waals surface area contributed by atoms with Gasteiger partial charge in [0.15, 0.2) is 0 Å². The first-order valence-electron chi connectivity index (χ1n) is 7.29. The van der Waals surface area contributed by atoms with Gasteiger partial charge in [-0.25, -0.2) is 0 Å². The number of nitrogens with one attached hydrogen (secondary N) is 2. The van der Waals surface area contributed by atoms with Crippen LogP contribution in [0.2, 0.25) is 0 Å². The van der Waals surface area contributed by atoms with Gasteiger partial charge in [0, 0.05) is 36.0 Å². The van der Waals surface area contributed by atoms with Gasteiger partial charge in [-0.3, -0.25) is 4.79 Å². The van der Waals surface area contributed by atoms with Crippen LogP contribution >= 0.6 is 0 Å². The Hall–Kier alpha value is -1.81. The Labute approximate surface area is 119 Å². The quantitative estimate of drug-likeness (QED) is 0.678. The molecule has 1 aromatic heterocycles. The first-order valence-corrected chi connectivity index (χ1v) is 7.29. The minimum Gasteiger partial charge on any atom is -0.361 e. The molecule has 4 heteroatoms. The Balaban J connectivity index is 2.06. The second-order valence-corrected chi connectivity index (χ2v) is 5.13. The van der Waals surface area contributed by atoms with Gasteiger partial charge in [0.1, 0.15) is 0 Å². The van der Waals surface area contributed by atoms with Crippen molar-refractivity contribution in [2.45, 2.75) is 32.1 Å². The molecule has 1 atom stereocenters. The third-order valence-electron chi connectivity index (χ3n) is 3.63. The van der Waals surface area contributed by atoms with E-state index >= 15 is 0 Å². The van der Waals surface area contributed by atoms with Crippen molar-refractivity contribution in [1.29, 1.82) is 0 Å². The van der Waals surface area contributed by atoms with E-state index in [-0.39, 0.29) is 11.8 Å². The molecule has 1 unspecified atom stereocenters. The average molecular weight is 273 g/mol. The number of hydrogen-bond acceptors (Lipinski definition) is 2. The van der Waals surface area contributed by atoms with E-state index < -0.39 is 0 Å². The number of H-pyrrole nitrogens is 1. The minimum atomic E-state index is 0.0628. The topological polar surface area (TPSA) is 70.9 Å². The van der Waals surface area contributed by atoms with Gasteiger partial charge < -0.3 is 16.0 Å². The lowest BCUT2D eigenvalue weighted by atomic mass is 9.95. The zero-order chi connectivity index (χ0) is 14.4. The van der Waals surface area contributed by atoms with Crippen molar-refractivity contribution >= 4 is 16.8 Å². The van der Waals surface area contributed by atoms with Crippen molar-refractivity contribution in [3.05, 3.63) is 36.0 Å². The molecule has 2 aromatic rings. The molecule has 108 valence electrons. The summed E-state index contributed by atoms with van der Waals surface area (Å²) < 4.78 is 0. The normalized spacial score (nSPS) is 12.5. The monoisotopic (exact) mass is 273 g/mol. The fourth-order valence-electron chi connectivity index (χ4n) is 2.45. The SMILES string of the molecule is CCCCNC(=O)CC(CN)c1c[nH]c2ccccc12. The van der Waals surface area contributed by atoms with E-state index in [0.29, 0.717) is 13.0 Å². The van der Waals surface area contributed by atoms with Crippen molar-refractivity contribution in [3.63, 3.8) is 0 Å². The number of rotatable bonds is 7. The maximum Gasteiger partial charge on any atom is 0.220 e. The van der Waals surface area contributed by atoms with Gasteiger partial charge in [-0.1, -0.05) is 31.5 Å². The third kappa shape index (κ3) is 3.39. The molecule has 1 aromatic carbocycles. The Morgan fingerprint density at radius 1 is 1.40 bits per heavy atom. The molecule has 0 fully saturated rings. The predicted molar refractivity (Wildman–Crippen MR) is 82.6 cm³/mol. The van der Waals surface area contributed by atoms with E-state index in [9.17, 15) is 4.79 Å². The molecule has 2 rings (SSSR count). The summed E-state index contributed by atoms with van der Waals surface area (Å²) in [6.07, 6.45) is 4.53. The number of hydrogen-bond donors (Lipinski definition) is 3. The highest BCUT2D eigenvalue weighted by molar-refractivity contribution is 5.85. The second kappa shape index (κ2) is 7.10. The van der Waals surface area contributed by atoms with E-state index in [2.05, 4.69) is 23.3 Å². The van der Waals surface area contributed by atoms with Crippen LogP contribution in [0, 0.1) is 0 Å². The molecule has 0 saturated heterocycles. The molecule has 1 amide bonds. The summed E-state index contributed by atoms with van der Waals surface area (Å²) in [5.41, 5.74) is 8.09. The van der Waals surface area contributed by atoms with Gasteiger partial charge in [-0.05, 0) is 24.6 Å².